The molecule has 0 atom stereocenters. The van der Waals surface area contributed by atoms with Crippen LogP contribution in [0.4, 0.5) is 10.8 Å². The summed E-state index contributed by atoms with van der Waals surface area (Å²) in [6.45, 7) is 10.4. The first-order chi connectivity index (χ1) is 15.2. The second-order valence-electron chi connectivity index (χ2n) is 8.75. The number of pyridine rings is 1. The molecule has 2 aliphatic heterocycles. The van der Waals surface area contributed by atoms with Gasteiger partial charge in [0, 0.05) is 45.0 Å². The fraction of sp³-hybridized carbons (Fsp3) is 0.583. The van der Waals surface area contributed by atoms with E-state index in [0.29, 0.717) is 12.6 Å². The minimum Gasteiger partial charge on any atom is -0.363 e. The van der Waals surface area contributed by atoms with Crippen LogP contribution in [0.3, 0.4) is 0 Å². The largest absolute Gasteiger partial charge is 0.363 e. The molecule has 8 heteroatoms. The van der Waals surface area contributed by atoms with Gasteiger partial charge < -0.3 is 20.4 Å². The Hall–Kier alpha value is -1.55. The van der Waals surface area contributed by atoms with Crippen molar-refractivity contribution in [2.45, 2.75) is 52.1 Å². The molecule has 0 saturated carbocycles. The summed E-state index contributed by atoms with van der Waals surface area (Å²) in [7, 11) is 0. The third kappa shape index (κ3) is 6.97. The Morgan fingerprint density at radius 2 is 1.84 bits per heavy atom. The van der Waals surface area contributed by atoms with Crippen LogP contribution in [0.25, 0.3) is 0 Å². The fourth-order valence-electron chi connectivity index (χ4n) is 4.31. The van der Waals surface area contributed by atoms with Crippen molar-refractivity contribution in [3.05, 3.63) is 41.4 Å². The van der Waals surface area contributed by atoms with Crippen molar-refractivity contribution >= 4 is 52.1 Å². The lowest BCUT2D eigenvalue weighted by Crippen LogP contribution is -2.48. The monoisotopic (exact) mass is 568 g/mol. The zero-order chi connectivity index (χ0) is 21.5. The zero-order valence-corrected chi connectivity index (χ0v) is 22.4. The van der Waals surface area contributed by atoms with E-state index in [0.717, 1.165) is 68.8 Å². The van der Waals surface area contributed by atoms with E-state index < -0.39 is 0 Å². The molecule has 0 aliphatic carbocycles. The van der Waals surface area contributed by atoms with Gasteiger partial charge in [-0.05, 0) is 67.7 Å². The van der Waals surface area contributed by atoms with E-state index in [2.05, 4.69) is 63.9 Å². The first-order valence-corrected chi connectivity index (χ1v) is 12.6. The highest BCUT2D eigenvalue weighted by Gasteiger charge is 2.21. The predicted octanol–water partition coefficient (Wildman–Crippen LogP) is 4.72. The number of halogens is 1. The van der Waals surface area contributed by atoms with Crippen LogP contribution in [0.5, 0.6) is 0 Å². The summed E-state index contributed by atoms with van der Waals surface area (Å²) in [5, 5.41) is 10.6. The molecule has 0 unspecified atom stereocenters. The van der Waals surface area contributed by atoms with Crippen LogP contribution in [-0.2, 0) is 6.54 Å². The number of hydrogen-bond donors (Lipinski definition) is 2. The maximum absolute atomic E-state index is 4.83. The van der Waals surface area contributed by atoms with E-state index in [4.69, 9.17) is 9.98 Å². The summed E-state index contributed by atoms with van der Waals surface area (Å²) in [5.41, 5.74) is 1.15. The molecule has 2 saturated heterocycles. The Kier molecular flexibility index (Phi) is 9.90. The van der Waals surface area contributed by atoms with Crippen LogP contribution < -0.4 is 20.4 Å². The molecule has 0 spiro atoms. The molecule has 6 nitrogen and oxygen atoms in total. The average molecular weight is 569 g/mol. The highest BCUT2D eigenvalue weighted by Crippen LogP contribution is 2.25. The van der Waals surface area contributed by atoms with Crippen molar-refractivity contribution < 1.29 is 0 Å². The highest BCUT2D eigenvalue weighted by molar-refractivity contribution is 14.0. The molecule has 0 aromatic carbocycles. The van der Waals surface area contributed by atoms with Gasteiger partial charge in [0.25, 0.3) is 0 Å². The molecule has 2 N–H and O–H groups in total. The number of piperidine rings is 2. The quantitative estimate of drug-likeness (QED) is 0.300. The molecule has 0 bridgehead atoms. The average Bonchev–Trinajstić information content (AvgIpc) is 3.34. The summed E-state index contributed by atoms with van der Waals surface area (Å²) >= 11 is 1.83. The topological polar surface area (TPSA) is 55.8 Å². The van der Waals surface area contributed by atoms with Gasteiger partial charge in [0.05, 0.1) is 11.5 Å². The van der Waals surface area contributed by atoms with Gasteiger partial charge >= 0.3 is 0 Å². The normalized spacial score (nSPS) is 18.4. The number of guanidine groups is 1. The number of nitrogens with zero attached hydrogens (tertiary/aromatic N) is 4. The van der Waals surface area contributed by atoms with E-state index in [1.807, 2.05) is 17.5 Å². The van der Waals surface area contributed by atoms with Crippen molar-refractivity contribution in [1.82, 2.24) is 15.6 Å². The SMILES string of the molecule is CCNC(=NCc1ccc(N2CCC(C)CC2)nc1)NC1CCN(c2cccs2)CC1.I. The van der Waals surface area contributed by atoms with Gasteiger partial charge in [0.1, 0.15) is 5.82 Å². The van der Waals surface area contributed by atoms with Crippen LogP contribution in [0.1, 0.15) is 45.1 Å². The lowest BCUT2D eigenvalue weighted by atomic mass is 9.99. The van der Waals surface area contributed by atoms with Crippen LogP contribution in [0.15, 0.2) is 40.8 Å². The molecule has 2 aromatic rings. The first-order valence-electron chi connectivity index (χ1n) is 11.7. The number of hydrogen-bond acceptors (Lipinski definition) is 5. The second-order valence-corrected chi connectivity index (χ2v) is 9.67. The molecular formula is C24H37IN6S. The minimum absolute atomic E-state index is 0. The van der Waals surface area contributed by atoms with Crippen molar-refractivity contribution in [1.29, 1.82) is 0 Å². The van der Waals surface area contributed by atoms with E-state index in [1.165, 1.54) is 17.8 Å². The summed E-state index contributed by atoms with van der Waals surface area (Å²) in [4.78, 5) is 14.4. The van der Waals surface area contributed by atoms with E-state index in [-0.39, 0.29) is 24.0 Å². The van der Waals surface area contributed by atoms with E-state index in [1.54, 1.807) is 0 Å². The van der Waals surface area contributed by atoms with Gasteiger partial charge in [-0.2, -0.15) is 0 Å². The molecule has 176 valence electrons. The standard InChI is InChI=1S/C24H36N6S.HI/c1-3-25-24(28-21-10-14-30(15-11-21)23-5-4-16-31-23)27-18-20-6-7-22(26-17-20)29-12-8-19(2)9-13-29;/h4-7,16-17,19,21H,3,8-15,18H2,1-2H3,(H2,25,27,28);1H. The molecule has 32 heavy (non-hydrogen) atoms. The van der Waals surface area contributed by atoms with Crippen molar-refractivity contribution in [3.63, 3.8) is 0 Å². The lowest BCUT2D eigenvalue weighted by Gasteiger charge is -2.33. The van der Waals surface area contributed by atoms with Crippen molar-refractivity contribution in [2.75, 3.05) is 42.5 Å². The molecular weight excluding hydrogens is 531 g/mol. The maximum Gasteiger partial charge on any atom is 0.191 e. The maximum atomic E-state index is 4.83. The molecule has 4 heterocycles. The Morgan fingerprint density at radius 1 is 1.09 bits per heavy atom. The third-order valence-electron chi connectivity index (χ3n) is 6.33. The number of aromatic nitrogens is 1. The lowest BCUT2D eigenvalue weighted by molar-refractivity contribution is 0.436. The molecule has 2 aliphatic rings. The Bertz CT molecular complexity index is 810. The van der Waals surface area contributed by atoms with E-state index in [9.17, 15) is 0 Å². The van der Waals surface area contributed by atoms with Gasteiger partial charge in [-0.25, -0.2) is 9.98 Å². The summed E-state index contributed by atoms with van der Waals surface area (Å²) in [6.07, 6.45) is 6.77. The number of nitrogens with one attached hydrogen (secondary N) is 2. The molecule has 2 fully saturated rings. The van der Waals surface area contributed by atoms with Gasteiger partial charge in [0.15, 0.2) is 5.96 Å². The van der Waals surface area contributed by atoms with Gasteiger partial charge in [-0.15, -0.1) is 35.3 Å². The highest BCUT2D eigenvalue weighted by atomic mass is 127. The van der Waals surface area contributed by atoms with Crippen LogP contribution in [0.2, 0.25) is 0 Å². The summed E-state index contributed by atoms with van der Waals surface area (Å²) < 4.78 is 0. The number of thiophene rings is 1. The zero-order valence-electron chi connectivity index (χ0n) is 19.3. The van der Waals surface area contributed by atoms with E-state index >= 15 is 0 Å². The van der Waals surface area contributed by atoms with Crippen LogP contribution >= 0.6 is 35.3 Å². The molecule has 4 rings (SSSR count). The number of rotatable bonds is 6. The number of anilines is 2. The van der Waals surface area contributed by atoms with Gasteiger partial charge in [0.2, 0.25) is 0 Å². The molecule has 0 radical (unpaired) electrons. The van der Waals surface area contributed by atoms with Crippen molar-refractivity contribution in [2.24, 2.45) is 10.9 Å². The van der Waals surface area contributed by atoms with Crippen molar-refractivity contribution in [3.8, 4) is 0 Å². The third-order valence-corrected chi connectivity index (χ3v) is 7.26. The predicted molar refractivity (Wildman–Crippen MR) is 148 cm³/mol. The van der Waals surface area contributed by atoms with Crippen LogP contribution in [0, 0.1) is 5.92 Å². The molecule has 2 aromatic heterocycles. The summed E-state index contributed by atoms with van der Waals surface area (Å²) in [6, 6.07) is 9.15. The first kappa shape index (κ1) is 25.1. The molecule has 0 amide bonds. The smallest absolute Gasteiger partial charge is 0.191 e. The Labute approximate surface area is 213 Å². The van der Waals surface area contributed by atoms with Gasteiger partial charge in [-0.1, -0.05) is 13.0 Å². The fourth-order valence-corrected chi connectivity index (χ4v) is 5.10. The Balaban J connectivity index is 0.00000289. The number of aliphatic imine (C=N–C) groups is 1. The van der Waals surface area contributed by atoms with Crippen LogP contribution in [-0.4, -0.2) is 49.7 Å². The Morgan fingerprint density at radius 3 is 2.47 bits per heavy atom. The summed E-state index contributed by atoms with van der Waals surface area (Å²) in [5.74, 6) is 2.85. The van der Waals surface area contributed by atoms with Gasteiger partial charge in [-0.3, -0.25) is 0 Å². The second kappa shape index (κ2) is 12.6. The minimum atomic E-state index is 0.